The first kappa shape index (κ1) is 24.5. The zero-order valence-electron chi connectivity index (χ0n) is 20.2. The van der Waals surface area contributed by atoms with Gasteiger partial charge >= 0.3 is 0 Å². The predicted octanol–water partition coefficient (Wildman–Crippen LogP) is 4.55. The molecule has 1 N–H and O–H groups in total. The molecule has 0 radical (unpaired) electrons. The number of rotatable bonds is 9. The van der Waals surface area contributed by atoms with Crippen molar-refractivity contribution in [2.45, 2.75) is 46.8 Å². The summed E-state index contributed by atoms with van der Waals surface area (Å²) in [4.78, 5) is 30.0. The summed E-state index contributed by atoms with van der Waals surface area (Å²) in [6.45, 7) is 12.8. The highest BCUT2D eigenvalue weighted by Gasteiger charge is 2.45. The van der Waals surface area contributed by atoms with Crippen molar-refractivity contribution in [3.8, 4) is 5.75 Å². The van der Waals surface area contributed by atoms with Crippen LogP contribution >= 0.6 is 0 Å². The molecule has 2 aromatic carbocycles. The maximum atomic E-state index is 13.1. The maximum Gasteiger partial charge on any atom is 0.295 e. The SMILES string of the molecule is CCN(CC)CCN1C(=O)C(=O)C(=C(O)c2ccc(C)cc2)[C@H]1c1ccc(OC(C)C)cc1. The Morgan fingerprint density at radius 2 is 1.64 bits per heavy atom. The van der Waals surface area contributed by atoms with Crippen molar-refractivity contribution < 1.29 is 19.4 Å². The van der Waals surface area contributed by atoms with Crippen LogP contribution in [0, 0.1) is 6.92 Å². The number of amides is 1. The standard InChI is InChI=1S/C27H34N2O4/c1-6-28(7-2)16-17-29-24(20-12-14-22(15-13-20)33-18(3)4)23(26(31)27(29)32)25(30)21-10-8-19(5)9-11-21/h8-15,18,24,30H,6-7,16-17H2,1-5H3/t24-/m1/s1. The van der Waals surface area contributed by atoms with Crippen molar-refractivity contribution in [1.29, 1.82) is 0 Å². The Kier molecular flexibility index (Phi) is 7.92. The van der Waals surface area contributed by atoms with Crippen molar-refractivity contribution in [2.75, 3.05) is 26.2 Å². The lowest BCUT2D eigenvalue weighted by Gasteiger charge is -2.28. The fraction of sp³-hybridized carbons (Fsp3) is 0.407. The van der Waals surface area contributed by atoms with E-state index < -0.39 is 17.7 Å². The zero-order valence-corrected chi connectivity index (χ0v) is 20.2. The number of aliphatic hydroxyl groups excluding tert-OH is 1. The molecule has 1 aliphatic heterocycles. The lowest BCUT2D eigenvalue weighted by atomic mass is 9.95. The highest BCUT2D eigenvalue weighted by Crippen LogP contribution is 2.39. The normalized spacial score (nSPS) is 17.9. The molecule has 1 amide bonds. The van der Waals surface area contributed by atoms with E-state index in [0.29, 0.717) is 24.4 Å². The van der Waals surface area contributed by atoms with Crippen LogP contribution in [0.1, 0.15) is 50.4 Å². The molecule has 6 nitrogen and oxygen atoms in total. The molecule has 0 aromatic heterocycles. The summed E-state index contributed by atoms with van der Waals surface area (Å²) < 4.78 is 5.75. The van der Waals surface area contributed by atoms with E-state index in [1.807, 2.05) is 57.2 Å². The first-order valence-corrected chi connectivity index (χ1v) is 11.6. The molecule has 1 fully saturated rings. The van der Waals surface area contributed by atoms with E-state index in [4.69, 9.17) is 4.74 Å². The number of carbonyl (C=O) groups excluding carboxylic acids is 2. The Labute approximate surface area is 196 Å². The lowest BCUT2D eigenvalue weighted by Crippen LogP contribution is -2.38. The van der Waals surface area contributed by atoms with Gasteiger partial charge in [0.2, 0.25) is 0 Å². The number of hydrogen-bond acceptors (Lipinski definition) is 5. The van der Waals surface area contributed by atoms with Crippen LogP contribution in [0.4, 0.5) is 0 Å². The third kappa shape index (κ3) is 5.45. The van der Waals surface area contributed by atoms with E-state index in [-0.39, 0.29) is 17.4 Å². The predicted molar refractivity (Wildman–Crippen MR) is 130 cm³/mol. The van der Waals surface area contributed by atoms with Gasteiger partial charge < -0.3 is 19.6 Å². The minimum absolute atomic E-state index is 0.0390. The fourth-order valence-corrected chi connectivity index (χ4v) is 4.11. The van der Waals surface area contributed by atoms with Crippen molar-refractivity contribution in [2.24, 2.45) is 0 Å². The van der Waals surface area contributed by atoms with Crippen LogP contribution in [0.3, 0.4) is 0 Å². The van der Waals surface area contributed by atoms with Gasteiger partial charge in [-0.1, -0.05) is 55.8 Å². The summed E-state index contributed by atoms with van der Waals surface area (Å²) >= 11 is 0. The highest BCUT2D eigenvalue weighted by atomic mass is 16.5. The maximum absolute atomic E-state index is 13.1. The molecule has 176 valence electrons. The van der Waals surface area contributed by atoms with E-state index in [0.717, 1.165) is 24.2 Å². The van der Waals surface area contributed by atoms with Crippen LogP contribution in [0.25, 0.3) is 5.76 Å². The zero-order chi connectivity index (χ0) is 24.1. The van der Waals surface area contributed by atoms with Gasteiger partial charge in [0.1, 0.15) is 11.5 Å². The van der Waals surface area contributed by atoms with Gasteiger partial charge in [-0.3, -0.25) is 9.59 Å². The second kappa shape index (κ2) is 10.7. The summed E-state index contributed by atoms with van der Waals surface area (Å²) in [7, 11) is 0. The quantitative estimate of drug-likeness (QED) is 0.345. The largest absolute Gasteiger partial charge is 0.507 e. The van der Waals surface area contributed by atoms with Crippen LogP contribution < -0.4 is 4.74 Å². The van der Waals surface area contributed by atoms with E-state index in [2.05, 4.69) is 18.7 Å². The Bertz CT molecular complexity index is 1010. The molecule has 0 aliphatic carbocycles. The van der Waals surface area contributed by atoms with Gasteiger partial charge in [0.25, 0.3) is 11.7 Å². The third-order valence-electron chi connectivity index (χ3n) is 5.98. The topological polar surface area (TPSA) is 70.1 Å². The number of ketones is 1. The van der Waals surface area contributed by atoms with Crippen LogP contribution in [0.15, 0.2) is 54.1 Å². The first-order valence-electron chi connectivity index (χ1n) is 11.6. The van der Waals surface area contributed by atoms with E-state index >= 15 is 0 Å². The molecule has 1 atom stereocenters. The molecule has 1 saturated heterocycles. The van der Waals surface area contributed by atoms with Gasteiger partial charge in [-0.05, 0) is 51.6 Å². The van der Waals surface area contributed by atoms with Crippen molar-refractivity contribution in [1.82, 2.24) is 9.80 Å². The van der Waals surface area contributed by atoms with Gasteiger partial charge in [-0.25, -0.2) is 0 Å². The number of hydrogen-bond donors (Lipinski definition) is 1. The first-order chi connectivity index (χ1) is 15.8. The summed E-state index contributed by atoms with van der Waals surface area (Å²) in [6, 6.07) is 14.0. The van der Waals surface area contributed by atoms with Gasteiger partial charge in [0.05, 0.1) is 17.7 Å². The third-order valence-corrected chi connectivity index (χ3v) is 5.98. The number of benzene rings is 2. The fourth-order valence-electron chi connectivity index (χ4n) is 4.11. The smallest absolute Gasteiger partial charge is 0.295 e. The van der Waals surface area contributed by atoms with E-state index in [1.54, 1.807) is 17.0 Å². The molecule has 6 heteroatoms. The molecular weight excluding hydrogens is 416 g/mol. The van der Waals surface area contributed by atoms with Crippen LogP contribution in [0.2, 0.25) is 0 Å². The molecule has 0 spiro atoms. The molecule has 0 unspecified atom stereocenters. The molecule has 1 aliphatic rings. The van der Waals surface area contributed by atoms with Crippen molar-refractivity contribution in [3.05, 3.63) is 70.8 Å². The number of ether oxygens (including phenoxy) is 1. The monoisotopic (exact) mass is 450 g/mol. The molecular formula is C27H34N2O4. The second-order valence-corrected chi connectivity index (χ2v) is 8.62. The second-order valence-electron chi connectivity index (χ2n) is 8.62. The molecule has 2 aromatic rings. The summed E-state index contributed by atoms with van der Waals surface area (Å²) in [5.74, 6) is -0.665. The Morgan fingerprint density at radius 1 is 1.03 bits per heavy atom. The summed E-state index contributed by atoms with van der Waals surface area (Å²) in [5.41, 5.74) is 2.45. The molecule has 0 bridgehead atoms. The van der Waals surface area contributed by atoms with Crippen LogP contribution in [-0.2, 0) is 9.59 Å². The Hall–Kier alpha value is -3.12. The Balaban J connectivity index is 2.06. The minimum atomic E-state index is -0.657. The van der Waals surface area contributed by atoms with E-state index in [1.165, 1.54) is 0 Å². The number of aryl methyl sites for hydroxylation is 1. The number of Topliss-reactive ketones (excluding diaryl/α,β-unsaturated/α-hetero) is 1. The molecule has 33 heavy (non-hydrogen) atoms. The number of aliphatic hydroxyl groups is 1. The van der Waals surface area contributed by atoms with Crippen molar-refractivity contribution in [3.63, 3.8) is 0 Å². The van der Waals surface area contributed by atoms with Crippen LogP contribution in [-0.4, -0.2) is 58.9 Å². The lowest BCUT2D eigenvalue weighted by molar-refractivity contribution is -0.140. The van der Waals surface area contributed by atoms with Crippen LogP contribution in [0.5, 0.6) is 5.75 Å². The summed E-state index contributed by atoms with van der Waals surface area (Å²) in [5, 5.41) is 11.1. The molecule has 3 rings (SSSR count). The average molecular weight is 451 g/mol. The minimum Gasteiger partial charge on any atom is -0.507 e. The van der Waals surface area contributed by atoms with Gasteiger partial charge in [-0.2, -0.15) is 0 Å². The van der Waals surface area contributed by atoms with E-state index in [9.17, 15) is 14.7 Å². The number of likely N-dealkylation sites (tertiary alicyclic amines) is 1. The van der Waals surface area contributed by atoms with Gasteiger partial charge in [-0.15, -0.1) is 0 Å². The molecule has 1 heterocycles. The summed E-state index contributed by atoms with van der Waals surface area (Å²) in [6.07, 6.45) is 0.0390. The van der Waals surface area contributed by atoms with Gasteiger partial charge in [0, 0.05) is 18.7 Å². The highest BCUT2D eigenvalue weighted by molar-refractivity contribution is 6.46. The Morgan fingerprint density at radius 3 is 2.18 bits per heavy atom. The number of carbonyl (C=O) groups is 2. The molecule has 0 saturated carbocycles. The number of nitrogens with zero attached hydrogens (tertiary/aromatic N) is 2. The number of likely N-dealkylation sites (N-methyl/N-ethyl adjacent to an activating group) is 1. The van der Waals surface area contributed by atoms with Gasteiger partial charge in [0.15, 0.2) is 0 Å². The van der Waals surface area contributed by atoms with Crippen molar-refractivity contribution >= 4 is 17.4 Å². The average Bonchev–Trinajstić information content (AvgIpc) is 3.05.